The fourth-order valence-corrected chi connectivity index (χ4v) is 1.52. The largest absolute Gasteiger partial charge is 0.393 e. The van der Waals surface area contributed by atoms with Crippen LogP contribution in [0.4, 0.5) is 0 Å². The van der Waals surface area contributed by atoms with Gasteiger partial charge in [-0.15, -0.1) is 0 Å². The second-order valence-electron chi connectivity index (χ2n) is 4.39. The summed E-state index contributed by atoms with van der Waals surface area (Å²) in [6.07, 6.45) is 0.200. The van der Waals surface area contributed by atoms with Crippen molar-refractivity contribution in [3.63, 3.8) is 0 Å². The Balaban J connectivity index is 2.39. The third kappa shape index (κ3) is 4.45. The van der Waals surface area contributed by atoms with Gasteiger partial charge >= 0.3 is 0 Å². The molecule has 0 amide bonds. The lowest BCUT2D eigenvalue weighted by Crippen LogP contribution is -2.23. The molecule has 0 aliphatic heterocycles. The summed E-state index contributed by atoms with van der Waals surface area (Å²) in [5.41, 5.74) is 1.11. The average Bonchev–Trinajstić information content (AvgIpc) is 2.18. The Labute approximate surface area is 91.6 Å². The molecule has 1 rings (SSSR count). The number of rotatable bonds is 5. The smallest absolute Gasteiger partial charge is 0.0605 e. The summed E-state index contributed by atoms with van der Waals surface area (Å²) in [4.78, 5) is 0. The van der Waals surface area contributed by atoms with Gasteiger partial charge in [0.2, 0.25) is 0 Å². The van der Waals surface area contributed by atoms with Crippen LogP contribution >= 0.6 is 0 Å². The second kappa shape index (κ2) is 5.89. The molecule has 2 N–H and O–H groups in total. The van der Waals surface area contributed by atoms with Gasteiger partial charge in [0.05, 0.1) is 12.2 Å². The molecule has 2 nitrogen and oxygen atoms in total. The summed E-state index contributed by atoms with van der Waals surface area (Å²) < 4.78 is 0. The van der Waals surface area contributed by atoms with E-state index in [1.807, 2.05) is 44.2 Å². The maximum atomic E-state index is 9.76. The molecule has 0 radical (unpaired) electrons. The maximum absolute atomic E-state index is 9.76. The summed E-state index contributed by atoms with van der Waals surface area (Å²) in [5, 5.41) is 19.4. The van der Waals surface area contributed by atoms with Crippen molar-refractivity contribution in [2.75, 3.05) is 0 Å². The van der Waals surface area contributed by atoms with E-state index in [0.29, 0.717) is 12.8 Å². The first kappa shape index (κ1) is 12.2. The molecule has 0 aliphatic rings. The van der Waals surface area contributed by atoms with Crippen molar-refractivity contribution in [1.82, 2.24) is 0 Å². The SMILES string of the molecule is CC(C)[C@H](O)C[C@H](O)Cc1ccccc1. The van der Waals surface area contributed by atoms with E-state index in [0.717, 1.165) is 5.56 Å². The zero-order valence-electron chi connectivity index (χ0n) is 9.43. The Morgan fingerprint density at radius 1 is 1.07 bits per heavy atom. The number of aliphatic hydroxyl groups is 2. The molecular formula is C13H20O2. The fourth-order valence-electron chi connectivity index (χ4n) is 1.52. The average molecular weight is 208 g/mol. The summed E-state index contributed by atoms with van der Waals surface area (Å²) in [6.45, 7) is 3.92. The Morgan fingerprint density at radius 3 is 2.20 bits per heavy atom. The Hall–Kier alpha value is -0.860. The molecule has 0 fully saturated rings. The lowest BCUT2D eigenvalue weighted by atomic mass is 9.97. The molecule has 84 valence electrons. The normalized spacial score (nSPS) is 15.3. The third-order valence-electron chi connectivity index (χ3n) is 2.60. The number of hydrogen-bond donors (Lipinski definition) is 2. The molecule has 1 aromatic rings. The first-order valence-corrected chi connectivity index (χ1v) is 5.49. The summed E-state index contributed by atoms with van der Waals surface area (Å²) >= 11 is 0. The molecule has 0 unspecified atom stereocenters. The van der Waals surface area contributed by atoms with E-state index in [2.05, 4.69) is 0 Å². The molecular weight excluding hydrogens is 188 g/mol. The highest BCUT2D eigenvalue weighted by Gasteiger charge is 2.15. The molecule has 15 heavy (non-hydrogen) atoms. The second-order valence-corrected chi connectivity index (χ2v) is 4.39. The van der Waals surface area contributed by atoms with Gasteiger partial charge in [-0.3, -0.25) is 0 Å². The highest BCUT2D eigenvalue weighted by atomic mass is 16.3. The van der Waals surface area contributed by atoms with E-state index in [4.69, 9.17) is 0 Å². The van der Waals surface area contributed by atoms with Crippen molar-refractivity contribution in [1.29, 1.82) is 0 Å². The minimum absolute atomic E-state index is 0.204. The van der Waals surface area contributed by atoms with Crippen LogP contribution in [0.5, 0.6) is 0 Å². The zero-order chi connectivity index (χ0) is 11.3. The highest BCUT2D eigenvalue weighted by Crippen LogP contribution is 2.12. The van der Waals surface area contributed by atoms with Gasteiger partial charge in [-0.25, -0.2) is 0 Å². The van der Waals surface area contributed by atoms with Gasteiger partial charge in [0.25, 0.3) is 0 Å². The van der Waals surface area contributed by atoms with Crippen LogP contribution in [-0.2, 0) is 6.42 Å². The van der Waals surface area contributed by atoms with Gasteiger partial charge in [0.1, 0.15) is 0 Å². The molecule has 2 atom stereocenters. The molecule has 2 heteroatoms. The number of benzene rings is 1. The van der Waals surface area contributed by atoms with Crippen molar-refractivity contribution in [3.05, 3.63) is 35.9 Å². The van der Waals surface area contributed by atoms with Crippen LogP contribution in [0.3, 0.4) is 0 Å². The molecule has 0 aromatic heterocycles. The molecule has 1 aromatic carbocycles. The minimum atomic E-state index is -0.454. The predicted molar refractivity (Wildman–Crippen MR) is 61.6 cm³/mol. The Bertz CT molecular complexity index is 269. The topological polar surface area (TPSA) is 40.5 Å². The molecule has 0 aliphatic carbocycles. The van der Waals surface area contributed by atoms with Gasteiger partial charge in [0.15, 0.2) is 0 Å². The molecule has 0 saturated heterocycles. The molecule has 0 saturated carbocycles. The van der Waals surface area contributed by atoms with Crippen molar-refractivity contribution in [3.8, 4) is 0 Å². The van der Waals surface area contributed by atoms with Crippen LogP contribution in [0.15, 0.2) is 30.3 Å². The minimum Gasteiger partial charge on any atom is -0.393 e. The quantitative estimate of drug-likeness (QED) is 0.777. The van der Waals surface area contributed by atoms with Crippen molar-refractivity contribution >= 4 is 0 Å². The van der Waals surface area contributed by atoms with Gasteiger partial charge < -0.3 is 10.2 Å². The Morgan fingerprint density at radius 2 is 1.67 bits per heavy atom. The molecule has 0 spiro atoms. The van der Waals surface area contributed by atoms with E-state index in [1.165, 1.54) is 0 Å². The van der Waals surface area contributed by atoms with Gasteiger partial charge in [0, 0.05) is 0 Å². The van der Waals surface area contributed by atoms with Crippen molar-refractivity contribution < 1.29 is 10.2 Å². The van der Waals surface area contributed by atoms with Gasteiger partial charge in [-0.1, -0.05) is 44.2 Å². The fraction of sp³-hybridized carbons (Fsp3) is 0.538. The van der Waals surface area contributed by atoms with E-state index in [1.54, 1.807) is 0 Å². The van der Waals surface area contributed by atoms with E-state index in [9.17, 15) is 10.2 Å². The lowest BCUT2D eigenvalue weighted by molar-refractivity contribution is 0.0538. The van der Waals surface area contributed by atoms with Gasteiger partial charge in [-0.2, -0.15) is 0 Å². The first-order valence-electron chi connectivity index (χ1n) is 5.49. The van der Waals surface area contributed by atoms with Crippen LogP contribution in [0.2, 0.25) is 0 Å². The summed E-state index contributed by atoms with van der Waals surface area (Å²) in [5.74, 6) is 0.204. The first-order chi connectivity index (χ1) is 7.09. The maximum Gasteiger partial charge on any atom is 0.0605 e. The molecule has 0 heterocycles. The van der Waals surface area contributed by atoms with Crippen LogP contribution in [0.1, 0.15) is 25.8 Å². The van der Waals surface area contributed by atoms with E-state index in [-0.39, 0.29) is 5.92 Å². The lowest BCUT2D eigenvalue weighted by Gasteiger charge is -2.18. The molecule has 0 bridgehead atoms. The standard InChI is InChI=1S/C13H20O2/c1-10(2)13(15)9-12(14)8-11-6-4-3-5-7-11/h3-7,10,12-15H,8-9H2,1-2H3/t12-,13-/m1/s1. The number of aliphatic hydroxyl groups excluding tert-OH is 2. The van der Waals surface area contributed by atoms with E-state index < -0.39 is 12.2 Å². The van der Waals surface area contributed by atoms with Gasteiger partial charge in [-0.05, 0) is 24.3 Å². The van der Waals surface area contributed by atoms with Crippen LogP contribution in [-0.4, -0.2) is 22.4 Å². The third-order valence-corrected chi connectivity index (χ3v) is 2.60. The van der Waals surface area contributed by atoms with Crippen LogP contribution in [0.25, 0.3) is 0 Å². The number of hydrogen-bond acceptors (Lipinski definition) is 2. The highest BCUT2D eigenvalue weighted by molar-refractivity contribution is 5.15. The predicted octanol–water partition coefficient (Wildman–Crippen LogP) is 2.00. The van der Waals surface area contributed by atoms with Crippen molar-refractivity contribution in [2.24, 2.45) is 5.92 Å². The van der Waals surface area contributed by atoms with Crippen LogP contribution in [0, 0.1) is 5.92 Å². The zero-order valence-corrected chi connectivity index (χ0v) is 9.43. The van der Waals surface area contributed by atoms with Crippen LogP contribution < -0.4 is 0 Å². The van der Waals surface area contributed by atoms with Crippen molar-refractivity contribution in [2.45, 2.75) is 38.9 Å². The summed E-state index contributed by atoms with van der Waals surface area (Å²) in [7, 11) is 0. The van der Waals surface area contributed by atoms with E-state index >= 15 is 0 Å². The monoisotopic (exact) mass is 208 g/mol. The Kier molecular flexibility index (Phi) is 4.79. The summed E-state index contributed by atoms with van der Waals surface area (Å²) in [6, 6.07) is 9.86.